The second-order valence-corrected chi connectivity index (χ2v) is 22.0. The van der Waals surface area contributed by atoms with Crippen LogP contribution in [0.15, 0.2) is 10.2 Å². The van der Waals surface area contributed by atoms with E-state index in [4.69, 9.17) is 0 Å². The Bertz CT molecular complexity index is 432. The van der Waals surface area contributed by atoms with Crippen LogP contribution >= 0.6 is 23.2 Å². The molecular weight excluding hydrogens is 427 g/mol. The Labute approximate surface area is 180 Å². The van der Waals surface area contributed by atoms with Crippen LogP contribution in [0.4, 0.5) is 0 Å². The molecule has 0 aromatic rings. The number of hydrogen-bond donors (Lipinski definition) is 0. The molecule has 3 heteroatoms. The predicted molar refractivity (Wildman–Crippen MR) is 133 cm³/mol. The molecule has 0 unspecified atom stereocenters. The van der Waals surface area contributed by atoms with E-state index in [0.717, 1.165) is 17.0 Å². The molecule has 3 aliphatic rings. The van der Waals surface area contributed by atoms with Crippen LogP contribution in [-0.4, -0.2) is 31.2 Å². The smallest absolute Gasteiger partial charge is 0.0651 e. The minimum absolute atomic E-state index is 0.930. The Morgan fingerprint density at radius 1 is 0.704 bits per heavy atom. The summed E-state index contributed by atoms with van der Waals surface area (Å²) in [7, 11) is -2.14. The van der Waals surface area contributed by atoms with Crippen molar-refractivity contribution in [3.8, 4) is 0 Å². The van der Waals surface area contributed by atoms with Crippen LogP contribution < -0.4 is 0 Å². The molecule has 156 valence electrons. The van der Waals surface area contributed by atoms with Gasteiger partial charge in [0.25, 0.3) is 0 Å². The summed E-state index contributed by atoms with van der Waals surface area (Å²) in [6.07, 6.45) is 27.5. The average molecular weight is 473 g/mol. The van der Waals surface area contributed by atoms with Crippen LogP contribution in [0.25, 0.3) is 0 Å². The van der Waals surface area contributed by atoms with E-state index in [1.165, 1.54) is 63.9 Å². The third kappa shape index (κ3) is 5.52. The summed E-state index contributed by atoms with van der Waals surface area (Å²) in [6.45, 7) is 7.53. The molecule has 0 aromatic carbocycles. The van der Waals surface area contributed by atoms with Gasteiger partial charge in [-0.25, -0.2) is 0 Å². The predicted octanol–water partition coefficient (Wildman–Crippen LogP) is 9.16. The topological polar surface area (TPSA) is 0 Å². The van der Waals surface area contributed by atoms with Gasteiger partial charge in [0, 0.05) is 7.26 Å². The summed E-state index contributed by atoms with van der Waals surface area (Å²) < 4.78 is 1.61. The van der Waals surface area contributed by atoms with Crippen molar-refractivity contribution in [2.45, 2.75) is 133 Å². The fourth-order valence-corrected chi connectivity index (χ4v) is 15.0. The normalized spacial score (nSPS) is 25.7. The van der Waals surface area contributed by atoms with Crippen molar-refractivity contribution in [1.82, 2.24) is 0 Å². The highest BCUT2D eigenvalue weighted by Crippen LogP contribution is 2.77. The summed E-state index contributed by atoms with van der Waals surface area (Å²) in [5.74, 6) is 0. The van der Waals surface area contributed by atoms with Gasteiger partial charge in [0.05, 0.1) is 31.2 Å². The Kier molecular flexibility index (Phi) is 8.57. The molecule has 27 heavy (non-hydrogen) atoms. The molecule has 3 fully saturated rings. The van der Waals surface area contributed by atoms with Gasteiger partial charge in [-0.05, 0) is 87.2 Å². The zero-order valence-electron chi connectivity index (χ0n) is 18.4. The molecule has 3 aliphatic carbocycles. The first-order valence-corrected chi connectivity index (χ1v) is 18.7. The first-order chi connectivity index (χ1) is 12.9. The van der Waals surface area contributed by atoms with Gasteiger partial charge in [-0.3, -0.25) is 0 Å². The van der Waals surface area contributed by atoms with E-state index in [1.54, 1.807) is 42.6 Å². The van der Waals surface area contributed by atoms with E-state index in [0.29, 0.717) is 0 Å². The van der Waals surface area contributed by atoms with Crippen molar-refractivity contribution in [2.24, 2.45) is 0 Å². The maximum atomic E-state index is 4.06. The van der Waals surface area contributed by atoms with Crippen LogP contribution in [0.1, 0.15) is 96.3 Å². The second kappa shape index (κ2) is 10.3. The lowest BCUT2D eigenvalue weighted by Crippen LogP contribution is -2.37. The Hall–Kier alpha value is 0.867. The minimum atomic E-state index is -1.21. The molecule has 0 aromatic heterocycles. The summed E-state index contributed by atoms with van der Waals surface area (Å²) >= 11 is 4.06. The molecule has 0 nitrogen and oxygen atoms in total. The molecule has 3 rings (SSSR count). The van der Waals surface area contributed by atoms with Gasteiger partial charge in [-0.2, -0.15) is 0 Å². The standard InChI is InChI=1S/C24H45BrPSi/c1-27(2,3)24(25)19-20-26(21-13-7-4-8-14-21,22-15-9-5-10-16-22)23-17-11-6-12-18-23/h19,21-23H,4-18,20H2,1-3H3/q+1/b24-19-. The van der Waals surface area contributed by atoms with Crippen molar-refractivity contribution in [1.29, 1.82) is 0 Å². The van der Waals surface area contributed by atoms with E-state index in [1.807, 2.05) is 0 Å². The van der Waals surface area contributed by atoms with Crippen molar-refractivity contribution in [3.05, 3.63) is 10.2 Å². The highest BCUT2D eigenvalue weighted by molar-refractivity contribution is 9.12. The molecule has 0 spiro atoms. The molecule has 0 bridgehead atoms. The number of allylic oxidation sites excluding steroid dienone is 1. The molecule has 3 saturated carbocycles. The van der Waals surface area contributed by atoms with Crippen molar-refractivity contribution < 1.29 is 0 Å². The van der Waals surface area contributed by atoms with E-state index in [2.05, 4.69) is 41.6 Å². The van der Waals surface area contributed by atoms with Gasteiger partial charge in [-0.1, -0.05) is 54.8 Å². The number of hydrogen-bond acceptors (Lipinski definition) is 0. The molecule has 0 saturated heterocycles. The maximum Gasteiger partial charge on any atom is 0.0863 e. The molecule has 0 N–H and O–H groups in total. The van der Waals surface area contributed by atoms with E-state index >= 15 is 0 Å². The Morgan fingerprint density at radius 2 is 1.04 bits per heavy atom. The fourth-order valence-electron chi connectivity index (χ4n) is 6.57. The molecule has 0 amide bonds. The number of rotatable bonds is 6. The van der Waals surface area contributed by atoms with Crippen LogP contribution in [0, 0.1) is 0 Å². The number of halogens is 1. The van der Waals surface area contributed by atoms with Crippen LogP contribution in [0.5, 0.6) is 0 Å². The van der Waals surface area contributed by atoms with Crippen molar-refractivity contribution >= 4 is 31.3 Å². The monoisotopic (exact) mass is 471 g/mol. The zero-order chi connectivity index (χ0) is 19.3. The third-order valence-corrected chi connectivity index (χ3v) is 20.0. The lowest BCUT2D eigenvalue weighted by atomic mass is 9.99. The van der Waals surface area contributed by atoms with E-state index in [9.17, 15) is 0 Å². The molecule has 0 radical (unpaired) electrons. The molecule has 0 aliphatic heterocycles. The maximum absolute atomic E-state index is 4.06. The lowest BCUT2D eigenvalue weighted by Gasteiger charge is -2.48. The van der Waals surface area contributed by atoms with Gasteiger partial charge >= 0.3 is 0 Å². The van der Waals surface area contributed by atoms with Crippen molar-refractivity contribution in [2.75, 3.05) is 6.16 Å². The second-order valence-electron chi connectivity index (χ2n) is 10.9. The molecular formula is C24H45BrPSi+. The van der Waals surface area contributed by atoms with Crippen molar-refractivity contribution in [3.63, 3.8) is 0 Å². The third-order valence-electron chi connectivity index (χ3n) is 8.07. The highest BCUT2D eigenvalue weighted by Gasteiger charge is 2.56. The summed E-state index contributed by atoms with van der Waals surface area (Å²) in [5, 5.41) is 0. The lowest BCUT2D eigenvalue weighted by molar-refractivity contribution is 0.451. The minimum Gasteiger partial charge on any atom is -0.0651 e. The summed E-state index contributed by atoms with van der Waals surface area (Å²) in [5.41, 5.74) is 3.36. The Morgan fingerprint density at radius 3 is 1.33 bits per heavy atom. The van der Waals surface area contributed by atoms with Gasteiger partial charge < -0.3 is 0 Å². The van der Waals surface area contributed by atoms with Gasteiger partial charge in [0.2, 0.25) is 0 Å². The van der Waals surface area contributed by atoms with E-state index < -0.39 is 15.3 Å². The van der Waals surface area contributed by atoms with E-state index in [-0.39, 0.29) is 0 Å². The largest absolute Gasteiger partial charge is 0.0863 e. The zero-order valence-corrected chi connectivity index (χ0v) is 21.9. The Balaban J connectivity index is 1.96. The molecule has 0 atom stereocenters. The van der Waals surface area contributed by atoms with Crippen LogP contribution in [-0.2, 0) is 0 Å². The van der Waals surface area contributed by atoms with Gasteiger partial charge in [0.1, 0.15) is 0 Å². The summed E-state index contributed by atoms with van der Waals surface area (Å²) in [4.78, 5) is 0. The van der Waals surface area contributed by atoms with Crippen LogP contribution in [0.3, 0.4) is 0 Å². The van der Waals surface area contributed by atoms with Gasteiger partial charge in [0.15, 0.2) is 0 Å². The first-order valence-electron chi connectivity index (χ1n) is 12.2. The summed E-state index contributed by atoms with van der Waals surface area (Å²) in [6, 6.07) is 0. The SMILES string of the molecule is C[Si](C)(C)/C(Br)=C\C[P+](C1CCCCC1)(C1CCCCC1)C1CCCCC1. The quantitative estimate of drug-likeness (QED) is 0.267. The first kappa shape index (κ1) is 22.5. The highest BCUT2D eigenvalue weighted by atomic mass is 79.9. The molecule has 0 heterocycles. The fraction of sp³-hybridized carbons (Fsp3) is 0.917. The van der Waals surface area contributed by atoms with Gasteiger partial charge in [-0.15, -0.1) is 0 Å². The van der Waals surface area contributed by atoms with Crippen LogP contribution in [0.2, 0.25) is 19.6 Å². The average Bonchev–Trinajstić information content (AvgIpc) is 2.70.